The molecule has 344 valence electrons. The lowest BCUT2D eigenvalue weighted by atomic mass is 9.88. The molecule has 14 heteroatoms. The van der Waals surface area contributed by atoms with Crippen molar-refractivity contribution < 1.29 is 34.8 Å². The van der Waals surface area contributed by atoms with E-state index >= 15 is 0 Å². The van der Waals surface area contributed by atoms with E-state index in [0.717, 1.165) is 68.3 Å². The van der Waals surface area contributed by atoms with Crippen LogP contribution in [0.1, 0.15) is 112 Å². The number of carbonyl (C=O) groups is 2. The number of rotatable bonds is 18. The number of nitrogens with one attached hydrogen (secondary N) is 4. The van der Waals surface area contributed by atoms with Gasteiger partial charge in [0, 0.05) is 61.2 Å². The molecule has 0 bridgehead atoms. The van der Waals surface area contributed by atoms with E-state index in [1.54, 1.807) is 4.90 Å². The van der Waals surface area contributed by atoms with Gasteiger partial charge < -0.3 is 50.9 Å². The van der Waals surface area contributed by atoms with E-state index in [0.29, 0.717) is 56.1 Å². The second-order valence-electron chi connectivity index (χ2n) is 18.7. The largest absolute Gasteiger partial charge is 0.377 e. The number of hydrogen-bond donors (Lipinski definition) is 8. The summed E-state index contributed by atoms with van der Waals surface area (Å²) >= 11 is 0. The van der Waals surface area contributed by atoms with Crippen LogP contribution in [0.15, 0.2) is 82.5 Å². The van der Waals surface area contributed by atoms with Crippen LogP contribution in [-0.4, -0.2) is 122 Å². The molecule has 6 aliphatic rings. The molecular formula is C48H75N7O7. The van der Waals surface area contributed by atoms with Gasteiger partial charge in [-0.3, -0.25) is 19.8 Å². The summed E-state index contributed by atoms with van der Waals surface area (Å²) in [6.45, 7) is 12.8. The first kappa shape index (κ1) is 47.7. The predicted molar refractivity (Wildman–Crippen MR) is 241 cm³/mol. The van der Waals surface area contributed by atoms with Crippen molar-refractivity contribution in [3.8, 4) is 0 Å². The molecule has 0 spiro atoms. The Morgan fingerprint density at radius 1 is 0.887 bits per heavy atom. The van der Waals surface area contributed by atoms with Gasteiger partial charge in [0.1, 0.15) is 24.4 Å². The number of nitrogens with zero attached hydrogens (tertiary/aromatic N) is 3. The van der Waals surface area contributed by atoms with Crippen LogP contribution < -0.4 is 21.3 Å². The molecule has 3 aliphatic carbocycles. The number of ether oxygens (including phenoxy) is 1. The third-order valence-electron chi connectivity index (χ3n) is 13.8. The number of aliphatic hydroxyl groups excluding tert-OH is 4. The quantitative estimate of drug-likeness (QED) is 0.0724. The van der Waals surface area contributed by atoms with Crippen molar-refractivity contribution in [2.24, 2.45) is 17.8 Å². The van der Waals surface area contributed by atoms with E-state index < -0.39 is 37.2 Å². The van der Waals surface area contributed by atoms with Crippen molar-refractivity contribution >= 4 is 11.8 Å². The van der Waals surface area contributed by atoms with E-state index in [4.69, 9.17) is 4.74 Å². The third-order valence-corrected chi connectivity index (χ3v) is 13.8. The van der Waals surface area contributed by atoms with Gasteiger partial charge in [-0.2, -0.15) is 0 Å². The molecule has 0 aromatic carbocycles. The zero-order valence-electron chi connectivity index (χ0n) is 38.1. The minimum Gasteiger partial charge on any atom is -0.377 e. The number of amides is 2. The number of aliphatic hydroxyl groups is 4. The first-order valence-electron chi connectivity index (χ1n) is 23.2. The molecule has 3 saturated heterocycles. The van der Waals surface area contributed by atoms with Crippen molar-refractivity contribution in [1.29, 1.82) is 0 Å². The lowest BCUT2D eigenvalue weighted by Gasteiger charge is -2.41. The molecule has 11 atom stereocenters. The average Bonchev–Trinajstić information content (AvgIpc) is 4.06. The van der Waals surface area contributed by atoms with Crippen molar-refractivity contribution in [3.63, 3.8) is 0 Å². The Bertz CT molecular complexity index is 1800. The predicted octanol–water partition coefficient (Wildman–Crippen LogP) is 4.31. The molecule has 3 heterocycles. The van der Waals surface area contributed by atoms with E-state index in [1.165, 1.54) is 18.4 Å². The minimum absolute atomic E-state index is 0.0151. The Morgan fingerprint density at radius 2 is 1.55 bits per heavy atom. The van der Waals surface area contributed by atoms with Crippen LogP contribution in [-0.2, 0) is 14.3 Å². The maximum atomic E-state index is 13.7. The van der Waals surface area contributed by atoms with Crippen molar-refractivity contribution in [2.75, 3.05) is 20.2 Å². The fourth-order valence-corrected chi connectivity index (χ4v) is 10.3. The minimum atomic E-state index is -1.22. The highest BCUT2D eigenvalue weighted by Crippen LogP contribution is 2.43. The van der Waals surface area contributed by atoms with Gasteiger partial charge in [0.25, 0.3) is 5.91 Å². The Morgan fingerprint density at radius 3 is 2.11 bits per heavy atom. The number of carbonyl (C=O) groups excluding carboxylic acids is 2. The Hall–Kier alpha value is -3.76. The van der Waals surface area contributed by atoms with Crippen LogP contribution in [0.25, 0.3) is 0 Å². The Kier molecular flexibility index (Phi) is 16.7. The maximum absolute atomic E-state index is 13.7. The third kappa shape index (κ3) is 11.3. The van der Waals surface area contributed by atoms with E-state index in [1.807, 2.05) is 39.5 Å². The molecule has 8 unspecified atom stereocenters. The van der Waals surface area contributed by atoms with Gasteiger partial charge in [-0.1, -0.05) is 56.7 Å². The zero-order chi connectivity index (χ0) is 44.7. The molecule has 8 N–H and O–H groups in total. The molecule has 62 heavy (non-hydrogen) atoms. The number of methoxy groups -OCH3 is 1. The Balaban J connectivity index is 1.07. The van der Waals surface area contributed by atoms with Gasteiger partial charge in [-0.15, -0.1) is 0 Å². The lowest BCUT2D eigenvalue weighted by Crippen LogP contribution is -2.58. The summed E-state index contributed by atoms with van der Waals surface area (Å²) < 4.78 is 4.98. The van der Waals surface area contributed by atoms with Gasteiger partial charge in [0.05, 0.1) is 18.1 Å². The molecule has 3 fully saturated rings. The fourth-order valence-electron chi connectivity index (χ4n) is 10.3. The summed E-state index contributed by atoms with van der Waals surface area (Å²) in [6, 6.07) is -0.724. The molecule has 14 nitrogen and oxygen atoms in total. The number of allylic oxidation sites excluding steroid dienone is 9. The lowest BCUT2D eigenvalue weighted by molar-refractivity contribution is -0.140. The molecule has 2 amide bonds. The normalized spacial score (nSPS) is 29.0. The van der Waals surface area contributed by atoms with Crippen LogP contribution in [0, 0.1) is 17.8 Å². The summed E-state index contributed by atoms with van der Waals surface area (Å²) in [7, 11) is 1.39. The molecule has 3 aliphatic heterocycles. The SMILES string of the molecule is CCC(O)NC(C(=O)N1CCC[C@H]1C(O)NC1=CCC(C2CCC(C3C=CC(NC(=O)[C@@H]4CCCN4C(O)[C@@H](NC(O)OC)C(C)C)=CC3)N2C2=CC=C(C)CC2)C=C1)=C(C)C. The smallest absolute Gasteiger partial charge is 0.270 e. The summed E-state index contributed by atoms with van der Waals surface area (Å²) in [4.78, 5) is 33.6. The molecule has 0 aromatic rings. The number of hydrogen-bond acceptors (Lipinski definition) is 12. The van der Waals surface area contributed by atoms with Crippen molar-refractivity contribution in [3.05, 3.63) is 82.5 Å². The number of likely N-dealkylation sites (tertiary alicyclic amines) is 3. The highest BCUT2D eigenvalue weighted by atomic mass is 16.6. The van der Waals surface area contributed by atoms with Crippen LogP contribution in [0.3, 0.4) is 0 Å². The first-order valence-corrected chi connectivity index (χ1v) is 23.2. The van der Waals surface area contributed by atoms with Gasteiger partial charge in [-0.05, 0) is 121 Å². The molecular weight excluding hydrogens is 787 g/mol. The van der Waals surface area contributed by atoms with Gasteiger partial charge >= 0.3 is 0 Å². The molecule has 0 aromatic heterocycles. The summed E-state index contributed by atoms with van der Waals surface area (Å²) in [5.74, 6) is 0.233. The molecule has 0 radical (unpaired) electrons. The van der Waals surface area contributed by atoms with Gasteiger partial charge in [-0.25, -0.2) is 0 Å². The monoisotopic (exact) mass is 862 g/mol. The second kappa shape index (κ2) is 21.7. The van der Waals surface area contributed by atoms with Crippen molar-refractivity contribution in [2.45, 2.75) is 167 Å². The highest BCUT2D eigenvalue weighted by Gasteiger charge is 2.43. The van der Waals surface area contributed by atoms with E-state index in [-0.39, 0.29) is 29.7 Å². The van der Waals surface area contributed by atoms with Gasteiger partial charge in [0.15, 0.2) is 0 Å². The second-order valence-corrected chi connectivity index (χ2v) is 18.7. The molecule has 6 rings (SSSR count). The summed E-state index contributed by atoms with van der Waals surface area (Å²) in [5.41, 5.74) is 5.60. The zero-order valence-corrected chi connectivity index (χ0v) is 38.1. The fraction of sp³-hybridized carbons (Fsp3) is 0.667. The van der Waals surface area contributed by atoms with Crippen LogP contribution >= 0.6 is 0 Å². The average molecular weight is 862 g/mol. The van der Waals surface area contributed by atoms with E-state index in [9.17, 15) is 30.0 Å². The molecule has 0 saturated carbocycles. The Labute approximate surface area is 369 Å². The van der Waals surface area contributed by atoms with Gasteiger partial charge in [0.2, 0.25) is 12.3 Å². The summed E-state index contributed by atoms with van der Waals surface area (Å²) in [6.07, 6.45) is 22.9. The highest BCUT2D eigenvalue weighted by molar-refractivity contribution is 5.94. The first-order chi connectivity index (χ1) is 29.7. The van der Waals surface area contributed by atoms with Crippen LogP contribution in [0.2, 0.25) is 0 Å². The van der Waals surface area contributed by atoms with E-state index in [2.05, 4.69) is 81.7 Å². The van der Waals surface area contributed by atoms with Crippen LogP contribution in [0.5, 0.6) is 0 Å². The summed E-state index contributed by atoms with van der Waals surface area (Å²) in [5, 5.41) is 55.5. The maximum Gasteiger partial charge on any atom is 0.270 e. The van der Waals surface area contributed by atoms with Crippen LogP contribution in [0.4, 0.5) is 0 Å². The standard InChI is InChI=1S/C48H75N7O7/c1-8-41(56)51-42(29(2)3)46(59)53-27-9-11-39(53)44(57)49-34-19-15-32(16-20-34)37-25-26-38(55(37)36-23-13-31(6)14-24-36)33-17-21-35(22-18-33)50-45(58)40-12-10-28-54(40)47(60)43(30(4)5)52-48(61)62-7/h13,15,17,19-23,30,32-33,37-41,43-44,47-49,51-52,56-57,60-61H,8-12,14,16,18,24-28H2,1-7H3,(H,50,58)/t32?,33?,37?,38?,39-,40-,41?,43-,44?,47?,48?/m0/s1. The van der Waals surface area contributed by atoms with Crippen molar-refractivity contribution in [1.82, 2.24) is 36.0 Å². The topological polar surface area (TPSA) is 182 Å².